The lowest BCUT2D eigenvalue weighted by Crippen LogP contribution is -2.28. The fourth-order valence-electron chi connectivity index (χ4n) is 1.24. The van der Waals surface area contributed by atoms with Crippen LogP contribution in [0, 0.1) is 0 Å². The van der Waals surface area contributed by atoms with Crippen LogP contribution in [-0.4, -0.2) is 35.7 Å². The molecular formula is C10H21NO2S. The van der Waals surface area contributed by atoms with Crippen molar-refractivity contribution >= 4 is 17.7 Å². The predicted octanol–water partition coefficient (Wildman–Crippen LogP) is 1.97. The lowest BCUT2D eigenvalue weighted by atomic mass is 10.2. The Balaban J connectivity index is 3.09. The average molecular weight is 219 g/mol. The lowest BCUT2D eigenvalue weighted by Gasteiger charge is -2.11. The largest absolute Gasteiger partial charge is 0.481 e. The van der Waals surface area contributed by atoms with Crippen molar-refractivity contribution in [3.8, 4) is 0 Å². The zero-order chi connectivity index (χ0) is 10.8. The smallest absolute Gasteiger partial charge is 0.303 e. The van der Waals surface area contributed by atoms with Gasteiger partial charge in [-0.1, -0.05) is 6.42 Å². The van der Waals surface area contributed by atoms with Crippen LogP contribution >= 0.6 is 11.8 Å². The number of carbonyl (C=O) groups is 1. The third-order valence-electron chi connectivity index (χ3n) is 1.98. The number of nitrogens with one attached hydrogen (secondary N) is 1. The monoisotopic (exact) mass is 219 g/mol. The van der Waals surface area contributed by atoms with Gasteiger partial charge in [-0.2, -0.15) is 11.8 Å². The summed E-state index contributed by atoms with van der Waals surface area (Å²) >= 11 is 1.84. The van der Waals surface area contributed by atoms with Gasteiger partial charge >= 0.3 is 5.97 Å². The summed E-state index contributed by atoms with van der Waals surface area (Å²) in [6, 6.07) is 0.560. The Morgan fingerprint density at radius 3 is 2.71 bits per heavy atom. The van der Waals surface area contributed by atoms with Crippen LogP contribution in [0.15, 0.2) is 0 Å². The van der Waals surface area contributed by atoms with Gasteiger partial charge < -0.3 is 10.4 Å². The van der Waals surface area contributed by atoms with Crippen molar-refractivity contribution in [1.82, 2.24) is 5.32 Å². The summed E-state index contributed by atoms with van der Waals surface area (Å²) in [6.45, 7) is 3.18. The molecule has 0 aliphatic heterocycles. The summed E-state index contributed by atoms with van der Waals surface area (Å²) in [5, 5.41) is 11.8. The van der Waals surface area contributed by atoms with Gasteiger partial charge in [-0.3, -0.25) is 4.79 Å². The van der Waals surface area contributed by atoms with Crippen LogP contribution in [0.5, 0.6) is 0 Å². The van der Waals surface area contributed by atoms with Gasteiger partial charge in [0, 0.05) is 18.2 Å². The molecule has 84 valence electrons. The van der Waals surface area contributed by atoms with E-state index in [0.29, 0.717) is 12.5 Å². The van der Waals surface area contributed by atoms with Crippen molar-refractivity contribution in [2.45, 2.75) is 38.6 Å². The number of carboxylic acids is 1. The molecule has 0 aromatic rings. The maximum absolute atomic E-state index is 10.2. The number of carboxylic acid groups (broad SMARTS) is 1. The molecule has 0 rings (SSSR count). The number of hydrogen-bond acceptors (Lipinski definition) is 3. The Morgan fingerprint density at radius 1 is 1.43 bits per heavy atom. The molecular weight excluding hydrogens is 198 g/mol. The Morgan fingerprint density at radius 2 is 2.14 bits per heavy atom. The van der Waals surface area contributed by atoms with Crippen molar-refractivity contribution in [2.75, 3.05) is 18.6 Å². The predicted molar refractivity (Wildman–Crippen MR) is 62.0 cm³/mol. The molecule has 1 atom stereocenters. The first kappa shape index (κ1) is 13.8. The van der Waals surface area contributed by atoms with Gasteiger partial charge in [-0.05, 0) is 32.6 Å². The molecule has 0 saturated heterocycles. The Bertz CT molecular complexity index is 153. The summed E-state index contributed by atoms with van der Waals surface area (Å²) in [5.74, 6) is 0.448. The van der Waals surface area contributed by atoms with Gasteiger partial charge in [0.05, 0.1) is 0 Å². The lowest BCUT2D eigenvalue weighted by molar-refractivity contribution is -0.137. The van der Waals surface area contributed by atoms with Crippen LogP contribution in [0.3, 0.4) is 0 Å². The minimum atomic E-state index is -0.686. The highest BCUT2D eigenvalue weighted by molar-refractivity contribution is 7.98. The van der Waals surface area contributed by atoms with Crippen LogP contribution in [0.2, 0.25) is 0 Å². The van der Waals surface area contributed by atoms with Crippen molar-refractivity contribution in [2.24, 2.45) is 0 Å². The van der Waals surface area contributed by atoms with Gasteiger partial charge in [-0.15, -0.1) is 0 Å². The second-order valence-electron chi connectivity index (χ2n) is 3.51. The number of unbranched alkanes of at least 4 members (excludes halogenated alkanes) is 2. The van der Waals surface area contributed by atoms with E-state index >= 15 is 0 Å². The van der Waals surface area contributed by atoms with Crippen LogP contribution in [0.25, 0.3) is 0 Å². The normalized spacial score (nSPS) is 12.7. The fraction of sp³-hybridized carbons (Fsp3) is 0.900. The van der Waals surface area contributed by atoms with Gasteiger partial charge in [0.1, 0.15) is 0 Å². The summed E-state index contributed by atoms with van der Waals surface area (Å²) in [7, 11) is 0. The topological polar surface area (TPSA) is 49.3 Å². The van der Waals surface area contributed by atoms with Gasteiger partial charge in [0.15, 0.2) is 0 Å². The highest BCUT2D eigenvalue weighted by Crippen LogP contribution is 2.00. The SMILES string of the molecule is CSCC(C)NCCCCCC(=O)O. The standard InChI is InChI=1S/C10H21NO2S/c1-9(8-14-2)11-7-5-3-4-6-10(12)13/h9,11H,3-8H2,1-2H3,(H,12,13). The summed E-state index contributed by atoms with van der Waals surface area (Å²) in [5.41, 5.74) is 0. The van der Waals surface area contributed by atoms with Crippen molar-refractivity contribution < 1.29 is 9.90 Å². The minimum Gasteiger partial charge on any atom is -0.481 e. The van der Waals surface area contributed by atoms with Crippen molar-refractivity contribution in [3.63, 3.8) is 0 Å². The van der Waals surface area contributed by atoms with E-state index < -0.39 is 5.97 Å². The van der Waals surface area contributed by atoms with Crippen molar-refractivity contribution in [3.05, 3.63) is 0 Å². The summed E-state index contributed by atoms with van der Waals surface area (Å²) in [4.78, 5) is 10.2. The first-order valence-electron chi connectivity index (χ1n) is 5.11. The molecule has 0 bridgehead atoms. The average Bonchev–Trinajstić information content (AvgIpc) is 2.11. The van der Waals surface area contributed by atoms with Crippen LogP contribution < -0.4 is 5.32 Å². The number of aliphatic carboxylic acids is 1. The first-order chi connectivity index (χ1) is 6.66. The second-order valence-corrected chi connectivity index (χ2v) is 4.43. The van der Waals surface area contributed by atoms with Gasteiger partial charge in [0.2, 0.25) is 0 Å². The number of thioether (sulfide) groups is 1. The highest BCUT2D eigenvalue weighted by Gasteiger charge is 1.99. The molecule has 0 aliphatic rings. The molecule has 0 saturated carbocycles. The maximum Gasteiger partial charge on any atom is 0.303 e. The zero-order valence-electron chi connectivity index (χ0n) is 9.08. The molecule has 0 radical (unpaired) electrons. The Hall–Kier alpha value is -0.220. The van der Waals surface area contributed by atoms with Crippen molar-refractivity contribution in [1.29, 1.82) is 0 Å². The molecule has 0 spiro atoms. The molecule has 0 aromatic heterocycles. The maximum atomic E-state index is 10.2. The highest BCUT2D eigenvalue weighted by atomic mass is 32.2. The van der Waals surface area contributed by atoms with E-state index in [2.05, 4.69) is 18.5 Å². The second kappa shape index (κ2) is 9.34. The van der Waals surface area contributed by atoms with Crippen LogP contribution in [-0.2, 0) is 4.79 Å². The first-order valence-corrected chi connectivity index (χ1v) is 6.50. The quantitative estimate of drug-likeness (QED) is 0.582. The summed E-state index contributed by atoms with van der Waals surface area (Å²) < 4.78 is 0. The summed E-state index contributed by atoms with van der Waals surface area (Å²) in [6.07, 6.45) is 5.29. The van der Waals surface area contributed by atoms with E-state index in [0.717, 1.165) is 31.6 Å². The third kappa shape index (κ3) is 9.86. The minimum absolute atomic E-state index is 0.306. The molecule has 0 amide bonds. The molecule has 0 aromatic carbocycles. The van der Waals surface area contributed by atoms with Gasteiger partial charge in [0.25, 0.3) is 0 Å². The molecule has 4 heteroatoms. The van der Waals surface area contributed by atoms with E-state index in [4.69, 9.17) is 5.11 Å². The number of rotatable bonds is 9. The fourth-order valence-corrected chi connectivity index (χ4v) is 1.85. The molecule has 1 unspecified atom stereocenters. The Kier molecular flexibility index (Phi) is 9.19. The van der Waals surface area contributed by atoms with Gasteiger partial charge in [-0.25, -0.2) is 0 Å². The molecule has 14 heavy (non-hydrogen) atoms. The van der Waals surface area contributed by atoms with Crippen LogP contribution in [0.4, 0.5) is 0 Å². The third-order valence-corrected chi connectivity index (χ3v) is 2.81. The van der Waals surface area contributed by atoms with E-state index in [1.807, 2.05) is 11.8 Å². The number of hydrogen-bond donors (Lipinski definition) is 2. The molecule has 2 N–H and O–H groups in total. The molecule has 0 fully saturated rings. The molecule has 0 heterocycles. The van der Waals surface area contributed by atoms with E-state index in [1.54, 1.807) is 0 Å². The van der Waals surface area contributed by atoms with E-state index in [1.165, 1.54) is 0 Å². The Labute approximate surface area is 90.7 Å². The molecule has 3 nitrogen and oxygen atoms in total. The van der Waals surface area contributed by atoms with Crippen LogP contribution in [0.1, 0.15) is 32.6 Å². The van der Waals surface area contributed by atoms with E-state index in [-0.39, 0.29) is 0 Å². The molecule has 0 aliphatic carbocycles. The van der Waals surface area contributed by atoms with E-state index in [9.17, 15) is 4.79 Å². The zero-order valence-corrected chi connectivity index (χ0v) is 9.90.